The lowest BCUT2D eigenvalue weighted by atomic mass is 10.1. The largest absolute Gasteiger partial charge is 0.340 e. The number of carbonyl (C=O) groups excluding carboxylic acids is 1. The van der Waals surface area contributed by atoms with Gasteiger partial charge >= 0.3 is 0 Å². The van der Waals surface area contributed by atoms with Crippen LogP contribution in [0, 0.1) is 12.8 Å². The summed E-state index contributed by atoms with van der Waals surface area (Å²) in [5, 5.41) is 6.05. The summed E-state index contributed by atoms with van der Waals surface area (Å²) in [6.07, 6.45) is 0. The third-order valence-electron chi connectivity index (χ3n) is 2.37. The zero-order valence-corrected chi connectivity index (χ0v) is 13.5. The molecule has 1 rings (SSSR count). The molecule has 0 aliphatic rings. The van der Waals surface area contributed by atoms with E-state index < -0.39 is 0 Å². The van der Waals surface area contributed by atoms with Gasteiger partial charge in [0.1, 0.15) is 0 Å². The van der Waals surface area contributed by atoms with Gasteiger partial charge in [-0.1, -0.05) is 6.92 Å². The second-order valence-electron chi connectivity index (χ2n) is 4.01. The van der Waals surface area contributed by atoms with Gasteiger partial charge in [0, 0.05) is 24.9 Å². The third kappa shape index (κ3) is 6.00. The molecular formula is C11H21Cl2N3OS. The Labute approximate surface area is 125 Å². The molecule has 0 aliphatic carbocycles. The first-order valence-corrected chi connectivity index (χ1v) is 6.23. The molecule has 1 heterocycles. The van der Waals surface area contributed by atoms with Gasteiger partial charge in [0.05, 0.1) is 17.2 Å². The number of halogens is 2. The maximum atomic E-state index is 11.9. The number of thiazole rings is 1. The normalized spacial score (nSPS) is 11.1. The second-order valence-corrected chi connectivity index (χ2v) is 5.07. The monoisotopic (exact) mass is 313 g/mol. The van der Waals surface area contributed by atoms with Crippen LogP contribution in [0.3, 0.4) is 0 Å². The van der Waals surface area contributed by atoms with E-state index in [0.717, 1.165) is 10.7 Å². The molecule has 4 nitrogen and oxygen atoms in total. The SMILES string of the molecule is CNCC(C)C(=O)N(C)Cc1csc(C)n1.Cl.Cl. The first-order valence-electron chi connectivity index (χ1n) is 5.35. The van der Waals surface area contributed by atoms with Crippen LogP contribution in [-0.2, 0) is 11.3 Å². The average Bonchev–Trinajstić information content (AvgIpc) is 2.63. The van der Waals surface area contributed by atoms with Crippen LogP contribution in [-0.4, -0.2) is 36.4 Å². The number of hydrogen-bond donors (Lipinski definition) is 1. The van der Waals surface area contributed by atoms with Gasteiger partial charge in [-0.15, -0.1) is 36.2 Å². The number of aryl methyl sites for hydroxylation is 1. The summed E-state index contributed by atoms with van der Waals surface area (Å²) >= 11 is 1.62. The Morgan fingerprint density at radius 2 is 2.17 bits per heavy atom. The van der Waals surface area contributed by atoms with E-state index in [0.29, 0.717) is 13.1 Å². The highest BCUT2D eigenvalue weighted by Crippen LogP contribution is 2.11. The van der Waals surface area contributed by atoms with E-state index in [2.05, 4.69) is 10.3 Å². The van der Waals surface area contributed by atoms with Crippen molar-refractivity contribution in [3.8, 4) is 0 Å². The molecule has 0 fully saturated rings. The fourth-order valence-electron chi connectivity index (χ4n) is 1.57. The lowest BCUT2D eigenvalue weighted by molar-refractivity contribution is -0.134. The summed E-state index contributed by atoms with van der Waals surface area (Å²) in [6, 6.07) is 0. The predicted octanol–water partition coefficient (Wildman–Crippen LogP) is 2.11. The summed E-state index contributed by atoms with van der Waals surface area (Å²) in [5.41, 5.74) is 0.968. The van der Waals surface area contributed by atoms with Gasteiger partial charge in [-0.05, 0) is 14.0 Å². The molecule has 18 heavy (non-hydrogen) atoms. The van der Waals surface area contributed by atoms with Crippen LogP contribution in [0.1, 0.15) is 17.6 Å². The van der Waals surface area contributed by atoms with Crippen molar-refractivity contribution in [2.24, 2.45) is 5.92 Å². The number of rotatable bonds is 5. The molecule has 0 saturated heterocycles. The zero-order valence-electron chi connectivity index (χ0n) is 11.1. The van der Waals surface area contributed by atoms with E-state index in [9.17, 15) is 4.79 Å². The highest BCUT2D eigenvalue weighted by molar-refractivity contribution is 7.09. The first kappa shape index (κ1) is 20.0. The minimum Gasteiger partial charge on any atom is -0.340 e. The van der Waals surface area contributed by atoms with Crippen LogP contribution >= 0.6 is 36.2 Å². The lowest BCUT2D eigenvalue weighted by Gasteiger charge is -2.20. The van der Waals surface area contributed by atoms with Gasteiger partial charge in [0.2, 0.25) is 5.91 Å². The summed E-state index contributed by atoms with van der Waals surface area (Å²) in [7, 11) is 3.68. The smallest absolute Gasteiger partial charge is 0.226 e. The predicted molar refractivity (Wildman–Crippen MR) is 80.9 cm³/mol. The zero-order chi connectivity index (χ0) is 12.1. The molecule has 106 valence electrons. The number of hydrogen-bond acceptors (Lipinski definition) is 4. The standard InChI is InChI=1S/C11H19N3OS.2ClH/c1-8(5-12-3)11(15)14(4)6-10-7-16-9(2)13-10;;/h7-8,12H,5-6H2,1-4H3;2*1H. The van der Waals surface area contributed by atoms with Crippen LogP contribution in [0.5, 0.6) is 0 Å². The number of amides is 1. The molecule has 0 aromatic carbocycles. The molecule has 1 atom stereocenters. The quantitative estimate of drug-likeness (QED) is 0.905. The van der Waals surface area contributed by atoms with E-state index in [1.807, 2.05) is 33.3 Å². The molecule has 1 aromatic rings. The second kappa shape index (κ2) is 9.55. The summed E-state index contributed by atoms with van der Waals surface area (Å²) in [6.45, 7) is 5.21. The lowest BCUT2D eigenvalue weighted by Crippen LogP contribution is -2.35. The van der Waals surface area contributed by atoms with E-state index in [-0.39, 0.29) is 36.6 Å². The van der Waals surface area contributed by atoms with E-state index in [1.165, 1.54) is 0 Å². The molecule has 1 amide bonds. The fraction of sp³-hybridized carbons (Fsp3) is 0.636. The Bertz CT molecular complexity index is 360. The molecule has 0 saturated carbocycles. The average molecular weight is 314 g/mol. The molecule has 0 radical (unpaired) electrons. The molecule has 0 aliphatic heterocycles. The molecule has 7 heteroatoms. The highest BCUT2D eigenvalue weighted by atomic mass is 35.5. The Morgan fingerprint density at radius 1 is 1.56 bits per heavy atom. The van der Waals surface area contributed by atoms with Gasteiger partial charge in [-0.25, -0.2) is 4.98 Å². The van der Waals surface area contributed by atoms with Crippen molar-refractivity contribution in [2.75, 3.05) is 20.6 Å². The summed E-state index contributed by atoms with van der Waals surface area (Å²) in [5.74, 6) is 0.162. The van der Waals surface area contributed by atoms with E-state index in [4.69, 9.17) is 0 Å². The number of nitrogens with one attached hydrogen (secondary N) is 1. The molecule has 1 N–H and O–H groups in total. The highest BCUT2D eigenvalue weighted by Gasteiger charge is 2.17. The van der Waals surface area contributed by atoms with Crippen molar-refractivity contribution >= 4 is 42.1 Å². The van der Waals surface area contributed by atoms with Crippen LogP contribution < -0.4 is 5.32 Å². The van der Waals surface area contributed by atoms with Gasteiger partial charge < -0.3 is 10.2 Å². The van der Waals surface area contributed by atoms with Gasteiger partial charge in [0.25, 0.3) is 0 Å². The van der Waals surface area contributed by atoms with E-state index in [1.54, 1.807) is 16.2 Å². The summed E-state index contributed by atoms with van der Waals surface area (Å²) in [4.78, 5) is 18.0. The van der Waals surface area contributed by atoms with Gasteiger partial charge in [-0.3, -0.25) is 4.79 Å². The first-order chi connectivity index (χ1) is 7.54. The molecule has 1 aromatic heterocycles. The summed E-state index contributed by atoms with van der Waals surface area (Å²) < 4.78 is 0. The number of nitrogens with zero attached hydrogens (tertiary/aromatic N) is 2. The van der Waals surface area contributed by atoms with Crippen molar-refractivity contribution in [3.05, 3.63) is 16.1 Å². The van der Waals surface area contributed by atoms with Crippen molar-refractivity contribution in [3.63, 3.8) is 0 Å². The van der Waals surface area contributed by atoms with Crippen molar-refractivity contribution in [2.45, 2.75) is 20.4 Å². The minimum atomic E-state index is 0. The fourth-order valence-corrected chi connectivity index (χ4v) is 2.18. The minimum absolute atomic E-state index is 0. The Kier molecular flexibility index (Phi) is 10.6. The molecule has 0 spiro atoms. The molecule has 0 bridgehead atoms. The van der Waals surface area contributed by atoms with Gasteiger partial charge in [-0.2, -0.15) is 0 Å². The number of carbonyl (C=O) groups is 1. The maximum absolute atomic E-state index is 11.9. The van der Waals surface area contributed by atoms with Crippen LogP contribution in [0.2, 0.25) is 0 Å². The van der Waals surface area contributed by atoms with Crippen LogP contribution in [0.25, 0.3) is 0 Å². The van der Waals surface area contributed by atoms with Crippen molar-refractivity contribution < 1.29 is 4.79 Å². The molecular weight excluding hydrogens is 293 g/mol. The Morgan fingerprint density at radius 3 is 2.61 bits per heavy atom. The molecule has 1 unspecified atom stereocenters. The topological polar surface area (TPSA) is 45.2 Å². The van der Waals surface area contributed by atoms with Crippen LogP contribution in [0.4, 0.5) is 0 Å². The Balaban J connectivity index is 0. The third-order valence-corrected chi connectivity index (χ3v) is 3.20. The Hall–Kier alpha value is -0.360. The van der Waals surface area contributed by atoms with Gasteiger partial charge in [0.15, 0.2) is 0 Å². The van der Waals surface area contributed by atoms with Crippen LogP contribution in [0.15, 0.2) is 5.38 Å². The van der Waals surface area contributed by atoms with Crippen molar-refractivity contribution in [1.29, 1.82) is 0 Å². The maximum Gasteiger partial charge on any atom is 0.226 e. The number of aromatic nitrogens is 1. The van der Waals surface area contributed by atoms with Crippen molar-refractivity contribution in [1.82, 2.24) is 15.2 Å². The van der Waals surface area contributed by atoms with E-state index >= 15 is 0 Å².